The van der Waals surface area contributed by atoms with E-state index in [4.69, 9.17) is 4.74 Å². The number of benzene rings is 2. The van der Waals surface area contributed by atoms with E-state index in [-0.39, 0.29) is 36.2 Å². The molecule has 0 saturated heterocycles. The van der Waals surface area contributed by atoms with E-state index in [2.05, 4.69) is 22.4 Å². The monoisotopic (exact) mass is 432 g/mol. The fraction of sp³-hybridized carbons (Fsp3) is 0.240. The van der Waals surface area contributed by atoms with E-state index in [1.54, 1.807) is 6.07 Å². The van der Waals surface area contributed by atoms with Gasteiger partial charge in [0.25, 0.3) is 0 Å². The van der Waals surface area contributed by atoms with Crippen LogP contribution in [0.15, 0.2) is 66.7 Å². The van der Waals surface area contributed by atoms with Crippen LogP contribution in [-0.2, 0) is 4.74 Å². The van der Waals surface area contributed by atoms with Crippen molar-refractivity contribution in [3.8, 4) is 11.1 Å². The first-order valence-electron chi connectivity index (χ1n) is 10.4. The Kier molecular flexibility index (Phi) is 6.30. The van der Waals surface area contributed by atoms with E-state index >= 15 is 0 Å². The number of aromatic nitrogens is 1. The van der Waals surface area contributed by atoms with Crippen molar-refractivity contribution in [3.05, 3.63) is 89.2 Å². The van der Waals surface area contributed by atoms with Crippen molar-refractivity contribution < 1.29 is 24.5 Å². The summed E-state index contributed by atoms with van der Waals surface area (Å²) in [6, 6.07) is 20.7. The number of ketones is 1. The number of hydrogen-bond donors (Lipinski definition) is 3. The van der Waals surface area contributed by atoms with Crippen molar-refractivity contribution in [3.63, 3.8) is 0 Å². The van der Waals surface area contributed by atoms with E-state index in [1.165, 1.54) is 19.1 Å². The first-order valence-corrected chi connectivity index (χ1v) is 10.4. The number of carbonyl (C=O) groups is 2. The highest BCUT2D eigenvalue weighted by Crippen LogP contribution is 2.44. The third kappa shape index (κ3) is 4.39. The number of ether oxygens (including phenoxy) is 1. The van der Waals surface area contributed by atoms with Gasteiger partial charge in [-0.1, -0.05) is 54.6 Å². The third-order valence-electron chi connectivity index (χ3n) is 5.60. The minimum Gasteiger partial charge on any atom is -0.449 e. The fourth-order valence-corrected chi connectivity index (χ4v) is 3.96. The molecule has 164 valence electrons. The van der Waals surface area contributed by atoms with Gasteiger partial charge in [0.1, 0.15) is 24.5 Å². The highest BCUT2D eigenvalue weighted by molar-refractivity contribution is 5.92. The second-order valence-corrected chi connectivity index (χ2v) is 7.72. The van der Waals surface area contributed by atoms with Crippen LogP contribution in [0.3, 0.4) is 0 Å². The Morgan fingerprint density at radius 2 is 1.59 bits per heavy atom. The number of aliphatic hydroxyl groups is 2. The average Bonchev–Trinajstić information content (AvgIpc) is 3.14. The van der Waals surface area contributed by atoms with Gasteiger partial charge in [0.15, 0.2) is 5.78 Å². The van der Waals surface area contributed by atoms with Gasteiger partial charge >= 0.3 is 6.09 Å². The number of pyridine rings is 1. The molecule has 1 aliphatic rings. The van der Waals surface area contributed by atoms with Gasteiger partial charge in [-0.15, -0.1) is 0 Å². The minimum atomic E-state index is -1.36. The molecule has 32 heavy (non-hydrogen) atoms. The number of carbonyl (C=O) groups excluding carboxylic acids is 2. The van der Waals surface area contributed by atoms with Crippen molar-refractivity contribution in [2.45, 2.75) is 25.0 Å². The van der Waals surface area contributed by atoms with Crippen LogP contribution in [0.1, 0.15) is 46.3 Å². The summed E-state index contributed by atoms with van der Waals surface area (Å²) in [4.78, 5) is 27.8. The van der Waals surface area contributed by atoms with E-state index in [0.717, 1.165) is 22.3 Å². The van der Waals surface area contributed by atoms with Gasteiger partial charge < -0.3 is 20.3 Å². The predicted octanol–water partition coefficient (Wildman–Crippen LogP) is 3.22. The molecule has 7 nitrogen and oxygen atoms in total. The zero-order valence-corrected chi connectivity index (χ0v) is 17.6. The molecule has 4 rings (SSSR count). The maximum atomic E-state index is 12.2. The van der Waals surface area contributed by atoms with E-state index in [1.807, 2.05) is 36.4 Å². The van der Waals surface area contributed by atoms with Crippen LogP contribution in [0.2, 0.25) is 0 Å². The number of Topliss-reactive ketones (excluding diaryl/α,β-unsaturated/α-hetero) is 1. The standard InChI is InChI=1S/C25H24N2O5/c1-15(28)21-11-6-12-22(27-21)24(30)23(29)13-26-25(31)32-14-20-18-9-4-2-7-16(18)17-8-3-5-10-19(17)20/h2-12,20,23-24,29-30H,13-14H2,1H3,(H,26,31). The van der Waals surface area contributed by atoms with Gasteiger partial charge in [0.05, 0.1) is 5.69 Å². The molecule has 0 saturated carbocycles. The number of alkyl carbamates (subject to hydrolysis) is 1. The van der Waals surface area contributed by atoms with Crippen LogP contribution in [0.25, 0.3) is 11.1 Å². The first kappa shape index (κ1) is 21.7. The summed E-state index contributed by atoms with van der Waals surface area (Å²) < 4.78 is 5.42. The molecule has 0 fully saturated rings. The van der Waals surface area contributed by atoms with Crippen molar-refractivity contribution >= 4 is 11.9 Å². The van der Waals surface area contributed by atoms with E-state index in [0.29, 0.717) is 0 Å². The molecule has 3 aromatic rings. The van der Waals surface area contributed by atoms with Crippen LogP contribution in [0.4, 0.5) is 4.79 Å². The molecule has 2 atom stereocenters. The van der Waals surface area contributed by atoms with Crippen LogP contribution < -0.4 is 5.32 Å². The molecule has 1 aliphatic carbocycles. The fourth-order valence-electron chi connectivity index (χ4n) is 3.96. The molecule has 1 aromatic heterocycles. The summed E-state index contributed by atoms with van der Waals surface area (Å²) in [5.41, 5.74) is 4.83. The maximum absolute atomic E-state index is 12.2. The van der Waals surface area contributed by atoms with Gasteiger partial charge in [0, 0.05) is 19.4 Å². The average molecular weight is 432 g/mol. The summed E-state index contributed by atoms with van der Waals surface area (Å²) >= 11 is 0. The summed E-state index contributed by atoms with van der Waals surface area (Å²) in [5, 5.41) is 23.0. The molecular weight excluding hydrogens is 408 g/mol. The molecule has 0 bridgehead atoms. The van der Waals surface area contributed by atoms with Gasteiger partial charge in [-0.05, 0) is 34.4 Å². The molecule has 2 aromatic carbocycles. The van der Waals surface area contributed by atoms with Crippen LogP contribution in [-0.4, -0.2) is 46.3 Å². The van der Waals surface area contributed by atoms with Crippen molar-refractivity contribution in [2.24, 2.45) is 0 Å². The van der Waals surface area contributed by atoms with Crippen LogP contribution in [0, 0.1) is 0 Å². The lowest BCUT2D eigenvalue weighted by Gasteiger charge is -2.19. The number of nitrogens with one attached hydrogen (secondary N) is 1. The first-order chi connectivity index (χ1) is 15.5. The SMILES string of the molecule is CC(=O)c1cccc(C(O)C(O)CNC(=O)OCC2c3ccccc3-c3ccccc32)n1. The molecule has 0 spiro atoms. The topological polar surface area (TPSA) is 109 Å². The number of amides is 1. The molecular formula is C25H24N2O5. The molecule has 1 heterocycles. The van der Waals surface area contributed by atoms with E-state index < -0.39 is 18.3 Å². The lowest BCUT2D eigenvalue weighted by molar-refractivity contribution is 0.0160. The highest BCUT2D eigenvalue weighted by Gasteiger charge is 2.29. The van der Waals surface area contributed by atoms with Gasteiger partial charge in [-0.25, -0.2) is 9.78 Å². The zero-order valence-electron chi connectivity index (χ0n) is 17.6. The number of fused-ring (bicyclic) bond motifs is 3. The molecule has 0 radical (unpaired) electrons. The Morgan fingerprint density at radius 1 is 0.969 bits per heavy atom. The van der Waals surface area contributed by atoms with Crippen LogP contribution in [0.5, 0.6) is 0 Å². The Morgan fingerprint density at radius 3 is 2.22 bits per heavy atom. The Bertz CT molecular complexity index is 1100. The number of hydrogen-bond acceptors (Lipinski definition) is 6. The second kappa shape index (κ2) is 9.30. The summed E-state index contributed by atoms with van der Waals surface area (Å²) in [5.74, 6) is -0.313. The minimum absolute atomic E-state index is 0.0674. The Balaban J connectivity index is 1.34. The number of aliphatic hydroxyl groups excluding tert-OH is 2. The molecule has 1 amide bonds. The number of rotatable bonds is 7. The molecule has 0 aliphatic heterocycles. The summed E-state index contributed by atoms with van der Waals surface area (Å²) in [6.45, 7) is 1.29. The lowest BCUT2D eigenvalue weighted by atomic mass is 9.98. The van der Waals surface area contributed by atoms with Crippen molar-refractivity contribution in [1.82, 2.24) is 10.3 Å². The third-order valence-corrected chi connectivity index (χ3v) is 5.60. The maximum Gasteiger partial charge on any atom is 0.407 e. The lowest BCUT2D eigenvalue weighted by Crippen LogP contribution is -2.36. The summed E-state index contributed by atoms with van der Waals surface area (Å²) in [7, 11) is 0. The van der Waals surface area contributed by atoms with Gasteiger partial charge in [0.2, 0.25) is 0 Å². The Hall–Kier alpha value is -3.55. The predicted molar refractivity (Wildman–Crippen MR) is 118 cm³/mol. The smallest absolute Gasteiger partial charge is 0.407 e. The second-order valence-electron chi connectivity index (χ2n) is 7.72. The molecule has 7 heteroatoms. The van der Waals surface area contributed by atoms with Crippen LogP contribution >= 0.6 is 0 Å². The van der Waals surface area contributed by atoms with Gasteiger partial charge in [-0.2, -0.15) is 0 Å². The summed E-state index contributed by atoms with van der Waals surface area (Å²) in [6.07, 6.45) is -3.36. The van der Waals surface area contributed by atoms with Crippen molar-refractivity contribution in [2.75, 3.05) is 13.2 Å². The highest BCUT2D eigenvalue weighted by atomic mass is 16.5. The normalized spacial score (nSPS) is 14.2. The van der Waals surface area contributed by atoms with Crippen molar-refractivity contribution in [1.29, 1.82) is 0 Å². The quantitative estimate of drug-likeness (QED) is 0.495. The number of nitrogens with zero attached hydrogens (tertiary/aromatic N) is 1. The zero-order chi connectivity index (χ0) is 22.7. The van der Waals surface area contributed by atoms with Gasteiger partial charge in [-0.3, -0.25) is 4.79 Å². The largest absolute Gasteiger partial charge is 0.449 e. The molecule has 3 N–H and O–H groups in total. The Labute approximate surface area is 185 Å². The van der Waals surface area contributed by atoms with E-state index in [9.17, 15) is 19.8 Å². The molecule has 2 unspecified atom stereocenters.